The van der Waals surface area contributed by atoms with Crippen LogP contribution >= 0.6 is 0 Å². The molecule has 1 N–H and O–H groups in total. The van der Waals surface area contributed by atoms with Crippen molar-refractivity contribution in [3.8, 4) is 0 Å². The van der Waals surface area contributed by atoms with Crippen molar-refractivity contribution in [3.05, 3.63) is 0 Å². The van der Waals surface area contributed by atoms with Gasteiger partial charge in [-0.2, -0.15) is 0 Å². The lowest BCUT2D eigenvalue weighted by Crippen LogP contribution is -1.91. The van der Waals surface area contributed by atoms with Crippen LogP contribution in [0.2, 0.25) is 0 Å². The van der Waals surface area contributed by atoms with Crippen LogP contribution in [0.3, 0.4) is 0 Å². The normalized spacial score (nSPS) is 30.3. The quantitative estimate of drug-likeness (QED) is 0.614. The molecular weight excluding hydrogens is 112 g/mol. The molecule has 0 aliphatic heterocycles. The average molecular weight is 128 g/mol. The summed E-state index contributed by atoms with van der Waals surface area (Å²) in [6, 6.07) is 0. The fraction of sp³-hybridized carbons (Fsp3) is 1.00. The van der Waals surface area contributed by atoms with Crippen molar-refractivity contribution in [1.82, 2.24) is 0 Å². The molecule has 0 unspecified atom stereocenters. The third-order valence-electron chi connectivity index (χ3n) is 2.43. The maximum Gasteiger partial charge on any atom is 0.0431 e. The number of aliphatic hydroxyl groups excluding tert-OH is 1. The smallest absolute Gasteiger partial charge is 0.0431 e. The first-order valence-corrected chi connectivity index (χ1v) is 3.77. The Hall–Kier alpha value is -0.0400. The zero-order chi connectivity index (χ0) is 6.91. The summed E-state index contributed by atoms with van der Waals surface area (Å²) < 4.78 is 0. The third-order valence-corrected chi connectivity index (χ3v) is 2.43. The van der Waals surface area contributed by atoms with Crippen LogP contribution < -0.4 is 0 Å². The Morgan fingerprint density at radius 1 is 1.56 bits per heavy atom. The molecule has 1 aliphatic carbocycles. The lowest BCUT2D eigenvalue weighted by molar-refractivity contribution is 0.278. The highest BCUT2D eigenvalue weighted by molar-refractivity contribution is 4.94. The predicted molar refractivity (Wildman–Crippen MR) is 38.2 cm³/mol. The number of hydrogen-bond donors (Lipinski definition) is 1. The summed E-state index contributed by atoms with van der Waals surface area (Å²) in [6.45, 7) is 4.97. The monoisotopic (exact) mass is 128 g/mol. The van der Waals surface area contributed by atoms with Crippen LogP contribution in [-0.2, 0) is 0 Å². The molecule has 0 amide bonds. The fourth-order valence-electron chi connectivity index (χ4n) is 1.41. The molecule has 0 spiro atoms. The van der Waals surface area contributed by atoms with E-state index < -0.39 is 0 Å². The van der Waals surface area contributed by atoms with Crippen molar-refractivity contribution >= 4 is 0 Å². The van der Waals surface area contributed by atoms with Crippen molar-refractivity contribution in [2.24, 2.45) is 11.3 Å². The van der Waals surface area contributed by atoms with E-state index in [0.29, 0.717) is 12.0 Å². The predicted octanol–water partition coefficient (Wildman–Crippen LogP) is 1.81. The second-order valence-corrected chi connectivity index (χ2v) is 3.76. The molecule has 0 aromatic rings. The molecule has 1 nitrogen and oxygen atoms in total. The van der Waals surface area contributed by atoms with Gasteiger partial charge in [0.25, 0.3) is 0 Å². The van der Waals surface area contributed by atoms with Crippen molar-refractivity contribution in [2.45, 2.75) is 33.1 Å². The Labute approximate surface area is 57.1 Å². The lowest BCUT2D eigenvalue weighted by atomic mass is 10.1. The van der Waals surface area contributed by atoms with Crippen molar-refractivity contribution in [2.75, 3.05) is 6.61 Å². The van der Waals surface area contributed by atoms with Gasteiger partial charge in [0.1, 0.15) is 0 Å². The first-order valence-electron chi connectivity index (χ1n) is 3.77. The molecule has 1 aliphatic rings. The van der Waals surface area contributed by atoms with Gasteiger partial charge < -0.3 is 5.11 Å². The van der Waals surface area contributed by atoms with Crippen molar-refractivity contribution in [3.63, 3.8) is 0 Å². The molecule has 0 aromatic carbocycles. The first-order chi connectivity index (χ1) is 4.17. The van der Waals surface area contributed by atoms with E-state index in [4.69, 9.17) is 5.11 Å². The molecule has 54 valence electrons. The fourth-order valence-corrected chi connectivity index (χ4v) is 1.41. The Kier molecular flexibility index (Phi) is 1.80. The van der Waals surface area contributed by atoms with Gasteiger partial charge in [-0.25, -0.2) is 0 Å². The summed E-state index contributed by atoms with van der Waals surface area (Å²) in [7, 11) is 0. The molecule has 0 aromatic heterocycles. The van der Waals surface area contributed by atoms with E-state index >= 15 is 0 Å². The standard InChI is InChI=1S/C8H16O/c1-8(2)6-7(8)4-3-5-9/h7,9H,3-6H2,1-2H3/t7-/m1/s1. The molecule has 0 bridgehead atoms. The molecule has 0 radical (unpaired) electrons. The summed E-state index contributed by atoms with van der Waals surface area (Å²) in [5.41, 5.74) is 0.606. The van der Waals surface area contributed by atoms with Gasteiger partial charge in [-0.15, -0.1) is 0 Å². The largest absolute Gasteiger partial charge is 0.396 e. The van der Waals surface area contributed by atoms with Gasteiger partial charge in [-0.3, -0.25) is 0 Å². The molecule has 1 atom stereocenters. The molecule has 0 saturated heterocycles. The zero-order valence-corrected chi connectivity index (χ0v) is 6.35. The van der Waals surface area contributed by atoms with Crippen LogP contribution in [0.1, 0.15) is 33.1 Å². The third kappa shape index (κ3) is 1.68. The Morgan fingerprint density at radius 2 is 2.11 bits per heavy atom. The molecule has 1 saturated carbocycles. The highest BCUT2D eigenvalue weighted by Gasteiger charge is 2.44. The van der Waals surface area contributed by atoms with Gasteiger partial charge in [-0.05, 0) is 30.6 Å². The molecular formula is C8H16O. The van der Waals surface area contributed by atoms with E-state index in [0.717, 1.165) is 12.3 Å². The van der Waals surface area contributed by atoms with Crippen molar-refractivity contribution in [1.29, 1.82) is 0 Å². The van der Waals surface area contributed by atoms with E-state index in [9.17, 15) is 0 Å². The number of hydrogen-bond acceptors (Lipinski definition) is 1. The maximum atomic E-state index is 8.51. The van der Waals surface area contributed by atoms with Crippen LogP contribution in [0.4, 0.5) is 0 Å². The Bertz CT molecular complexity index is 96.7. The van der Waals surface area contributed by atoms with Gasteiger partial charge in [-0.1, -0.05) is 13.8 Å². The average Bonchev–Trinajstić information content (AvgIpc) is 2.35. The summed E-state index contributed by atoms with van der Waals surface area (Å²) in [5, 5.41) is 8.51. The lowest BCUT2D eigenvalue weighted by Gasteiger charge is -1.99. The van der Waals surface area contributed by atoms with Crippen LogP contribution in [0, 0.1) is 11.3 Å². The highest BCUT2D eigenvalue weighted by atomic mass is 16.2. The zero-order valence-electron chi connectivity index (χ0n) is 6.35. The van der Waals surface area contributed by atoms with Crippen LogP contribution in [0.5, 0.6) is 0 Å². The highest BCUT2D eigenvalue weighted by Crippen LogP contribution is 2.53. The topological polar surface area (TPSA) is 20.2 Å². The maximum absolute atomic E-state index is 8.51. The van der Waals surface area contributed by atoms with Gasteiger partial charge in [0.15, 0.2) is 0 Å². The van der Waals surface area contributed by atoms with Crippen LogP contribution in [-0.4, -0.2) is 11.7 Å². The Morgan fingerprint density at radius 3 is 2.44 bits per heavy atom. The Balaban J connectivity index is 2.06. The van der Waals surface area contributed by atoms with Gasteiger partial charge in [0, 0.05) is 6.61 Å². The van der Waals surface area contributed by atoms with Gasteiger partial charge in [0.05, 0.1) is 0 Å². The minimum atomic E-state index is 0.368. The number of aliphatic hydroxyl groups is 1. The van der Waals surface area contributed by atoms with Crippen molar-refractivity contribution < 1.29 is 5.11 Å². The molecule has 1 rings (SSSR count). The molecule has 0 heterocycles. The molecule has 1 fully saturated rings. The summed E-state index contributed by atoms with van der Waals surface area (Å²) in [6.07, 6.45) is 3.59. The van der Waals surface area contributed by atoms with Crippen LogP contribution in [0.15, 0.2) is 0 Å². The molecule has 9 heavy (non-hydrogen) atoms. The van der Waals surface area contributed by atoms with Gasteiger partial charge >= 0.3 is 0 Å². The van der Waals surface area contributed by atoms with E-state index in [1.165, 1.54) is 12.8 Å². The van der Waals surface area contributed by atoms with Gasteiger partial charge in [0.2, 0.25) is 0 Å². The van der Waals surface area contributed by atoms with E-state index in [1.54, 1.807) is 0 Å². The summed E-state index contributed by atoms with van der Waals surface area (Å²) in [4.78, 5) is 0. The summed E-state index contributed by atoms with van der Waals surface area (Å²) >= 11 is 0. The minimum Gasteiger partial charge on any atom is -0.396 e. The second kappa shape index (κ2) is 2.30. The summed E-state index contributed by atoms with van der Waals surface area (Å²) in [5.74, 6) is 0.907. The second-order valence-electron chi connectivity index (χ2n) is 3.76. The van der Waals surface area contributed by atoms with E-state index in [-0.39, 0.29) is 0 Å². The SMILES string of the molecule is CC1(C)C[C@H]1CCCO. The molecule has 1 heteroatoms. The van der Waals surface area contributed by atoms with E-state index in [2.05, 4.69) is 13.8 Å². The first kappa shape index (κ1) is 7.07. The van der Waals surface area contributed by atoms with Crippen LogP contribution in [0.25, 0.3) is 0 Å². The minimum absolute atomic E-state index is 0.368. The number of rotatable bonds is 3. The van der Waals surface area contributed by atoms with E-state index in [1.807, 2.05) is 0 Å².